The molecule has 2 fully saturated rings. The number of benzene rings is 1. The number of hydrogen-bond donors (Lipinski definition) is 3. The number of likely N-dealkylation sites (tertiary alicyclic amines) is 1. The van der Waals surface area contributed by atoms with E-state index >= 15 is 0 Å². The highest BCUT2D eigenvalue weighted by molar-refractivity contribution is 5.94. The van der Waals surface area contributed by atoms with Gasteiger partial charge in [0.1, 0.15) is 6.04 Å². The van der Waals surface area contributed by atoms with Crippen LogP contribution in [-0.2, 0) is 4.79 Å². The minimum absolute atomic E-state index is 0.0755. The van der Waals surface area contributed by atoms with E-state index in [-0.39, 0.29) is 5.91 Å². The number of carboxylic acid groups (broad SMARTS) is 1. The van der Waals surface area contributed by atoms with Gasteiger partial charge in [0.25, 0.3) is 5.91 Å². The van der Waals surface area contributed by atoms with Gasteiger partial charge in [-0.15, -0.1) is 0 Å². The number of carbonyl (C=O) groups is 2. The fraction of sp³-hybridized carbons (Fsp3) is 0.600. The van der Waals surface area contributed by atoms with Gasteiger partial charge in [0.05, 0.1) is 0 Å². The molecule has 2 heterocycles. The van der Waals surface area contributed by atoms with Crippen LogP contribution in [0.15, 0.2) is 24.3 Å². The highest BCUT2D eigenvalue weighted by Crippen LogP contribution is 2.31. The molecule has 1 unspecified atom stereocenters. The highest BCUT2D eigenvalue weighted by Gasteiger charge is 2.29. The number of amides is 1. The van der Waals surface area contributed by atoms with Crippen molar-refractivity contribution in [2.45, 2.75) is 38.6 Å². The molecule has 3 N–H and O–H groups in total. The quantitative estimate of drug-likeness (QED) is 0.752. The molecule has 1 aromatic carbocycles. The van der Waals surface area contributed by atoms with E-state index in [1.165, 1.54) is 12.8 Å². The number of rotatable bonds is 5. The van der Waals surface area contributed by atoms with Crippen molar-refractivity contribution in [3.63, 3.8) is 0 Å². The summed E-state index contributed by atoms with van der Waals surface area (Å²) in [5.74, 6) is 0.744. The molecule has 1 atom stereocenters. The second kappa shape index (κ2) is 8.54. The molecule has 2 aliphatic rings. The Morgan fingerprint density at radius 3 is 2.23 bits per heavy atom. The summed E-state index contributed by atoms with van der Waals surface area (Å²) in [6, 6.07) is 6.43. The predicted molar refractivity (Wildman–Crippen MR) is 101 cm³/mol. The van der Waals surface area contributed by atoms with Crippen molar-refractivity contribution in [3.8, 4) is 0 Å². The summed E-state index contributed by atoms with van der Waals surface area (Å²) >= 11 is 0. The Hall–Kier alpha value is -2.08. The minimum atomic E-state index is -0.901. The molecule has 0 bridgehead atoms. The first-order valence-corrected chi connectivity index (χ1v) is 9.64. The second-order valence-electron chi connectivity index (χ2n) is 7.50. The smallest absolute Gasteiger partial charge is 0.325 e. The maximum absolute atomic E-state index is 12.7. The van der Waals surface area contributed by atoms with E-state index in [2.05, 4.69) is 10.6 Å². The molecule has 6 nitrogen and oxygen atoms in total. The van der Waals surface area contributed by atoms with Crippen LogP contribution in [0.4, 0.5) is 5.69 Å². The first-order valence-electron chi connectivity index (χ1n) is 9.64. The van der Waals surface area contributed by atoms with Crippen LogP contribution in [-0.4, -0.2) is 54.1 Å². The zero-order valence-corrected chi connectivity index (χ0v) is 15.4. The normalized spacial score (nSPS) is 20.6. The molecule has 3 rings (SSSR count). The summed E-state index contributed by atoms with van der Waals surface area (Å²) in [4.78, 5) is 25.6. The lowest BCUT2D eigenvalue weighted by Gasteiger charge is -2.37. The highest BCUT2D eigenvalue weighted by atomic mass is 16.4. The number of carboxylic acids is 1. The minimum Gasteiger partial charge on any atom is -0.480 e. The molecule has 1 aromatic rings. The molecular formula is C20H29N3O3. The molecule has 6 heteroatoms. The monoisotopic (exact) mass is 359 g/mol. The summed E-state index contributed by atoms with van der Waals surface area (Å²) in [5, 5.41) is 15.3. The lowest BCUT2D eigenvalue weighted by atomic mass is 9.79. The third-order valence-electron chi connectivity index (χ3n) is 5.76. The summed E-state index contributed by atoms with van der Waals surface area (Å²) in [6.07, 6.45) is 4.74. The average Bonchev–Trinajstić information content (AvgIpc) is 2.69. The van der Waals surface area contributed by atoms with Gasteiger partial charge >= 0.3 is 5.97 Å². The van der Waals surface area contributed by atoms with E-state index in [9.17, 15) is 9.59 Å². The Balaban J connectivity index is 1.52. The topological polar surface area (TPSA) is 81.7 Å². The number of aliphatic carboxylic acids is 1. The summed E-state index contributed by atoms with van der Waals surface area (Å²) in [6.45, 7) is 5.52. The molecule has 26 heavy (non-hydrogen) atoms. The van der Waals surface area contributed by atoms with Crippen molar-refractivity contribution in [1.82, 2.24) is 10.2 Å². The number of hydrogen-bond acceptors (Lipinski definition) is 4. The number of carbonyl (C=O) groups excluding carboxylic acids is 1. The zero-order valence-electron chi connectivity index (χ0n) is 15.4. The van der Waals surface area contributed by atoms with E-state index < -0.39 is 12.0 Å². The maximum atomic E-state index is 12.7. The van der Waals surface area contributed by atoms with Gasteiger partial charge in [0.2, 0.25) is 0 Å². The van der Waals surface area contributed by atoms with Gasteiger partial charge < -0.3 is 20.6 Å². The van der Waals surface area contributed by atoms with Crippen LogP contribution in [0.3, 0.4) is 0 Å². The van der Waals surface area contributed by atoms with Crippen LogP contribution in [0.5, 0.6) is 0 Å². The first kappa shape index (κ1) is 18.7. The summed E-state index contributed by atoms with van der Waals surface area (Å²) < 4.78 is 0. The standard InChI is InChI=1S/C20H29N3O3/c1-14(20(25)26)22-18-4-2-17(3-5-18)19(24)23-12-8-16(9-13-23)15-6-10-21-11-7-15/h2-5,14-16,21-22H,6-13H2,1H3,(H,25,26). The number of piperidine rings is 2. The maximum Gasteiger partial charge on any atom is 0.325 e. The Labute approximate surface area is 155 Å². The van der Waals surface area contributed by atoms with E-state index in [1.807, 2.05) is 4.90 Å². The molecule has 0 aliphatic carbocycles. The molecule has 2 saturated heterocycles. The molecule has 0 aromatic heterocycles. The largest absolute Gasteiger partial charge is 0.480 e. The lowest BCUT2D eigenvalue weighted by Crippen LogP contribution is -2.42. The molecule has 1 amide bonds. The van der Waals surface area contributed by atoms with Crippen LogP contribution in [0.2, 0.25) is 0 Å². The predicted octanol–water partition coefficient (Wildman–Crippen LogP) is 2.42. The van der Waals surface area contributed by atoms with Gasteiger partial charge in [-0.1, -0.05) is 0 Å². The lowest BCUT2D eigenvalue weighted by molar-refractivity contribution is -0.137. The van der Waals surface area contributed by atoms with Crippen molar-refractivity contribution in [2.75, 3.05) is 31.5 Å². The molecule has 0 spiro atoms. The van der Waals surface area contributed by atoms with Crippen molar-refractivity contribution in [2.24, 2.45) is 11.8 Å². The third-order valence-corrected chi connectivity index (χ3v) is 5.76. The Kier molecular flexibility index (Phi) is 6.14. The van der Waals surface area contributed by atoms with Gasteiger partial charge in [-0.2, -0.15) is 0 Å². The summed E-state index contributed by atoms with van der Waals surface area (Å²) in [5.41, 5.74) is 1.37. The van der Waals surface area contributed by atoms with Crippen LogP contribution in [0, 0.1) is 11.8 Å². The second-order valence-corrected chi connectivity index (χ2v) is 7.50. The van der Waals surface area contributed by atoms with E-state index in [1.54, 1.807) is 31.2 Å². The summed E-state index contributed by atoms with van der Waals surface area (Å²) in [7, 11) is 0. The molecule has 2 aliphatic heterocycles. The average molecular weight is 359 g/mol. The molecule has 142 valence electrons. The van der Waals surface area contributed by atoms with Gasteiger partial charge in [-0.05, 0) is 81.8 Å². The van der Waals surface area contributed by atoms with Crippen molar-refractivity contribution in [3.05, 3.63) is 29.8 Å². The van der Waals surface area contributed by atoms with Crippen molar-refractivity contribution >= 4 is 17.6 Å². The number of nitrogens with one attached hydrogen (secondary N) is 2. The van der Waals surface area contributed by atoms with Crippen molar-refractivity contribution < 1.29 is 14.7 Å². The van der Waals surface area contributed by atoms with Gasteiger partial charge in [0.15, 0.2) is 0 Å². The fourth-order valence-corrected chi connectivity index (χ4v) is 4.09. The van der Waals surface area contributed by atoms with E-state index in [0.29, 0.717) is 11.3 Å². The SMILES string of the molecule is CC(Nc1ccc(C(=O)N2CCC(C3CCNCC3)CC2)cc1)C(=O)O. The Bertz CT molecular complexity index is 618. The first-order chi connectivity index (χ1) is 12.5. The fourth-order valence-electron chi connectivity index (χ4n) is 4.09. The number of nitrogens with zero attached hydrogens (tertiary/aromatic N) is 1. The van der Waals surface area contributed by atoms with Crippen LogP contribution in [0.25, 0.3) is 0 Å². The van der Waals surface area contributed by atoms with Gasteiger partial charge in [0, 0.05) is 24.3 Å². The number of anilines is 1. The van der Waals surface area contributed by atoms with Crippen LogP contribution >= 0.6 is 0 Å². The van der Waals surface area contributed by atoms with E-state index in [0.717, 1.165) is 50.9 Å². The van der Waals surface area contributed by atoms with Gasteiger partial charge in [-0.25, -0.2) is 0 Å². The van der Waals surface area contributed by atoms with Crippen LogP contribution in [0.1, 0.15) is 43.0 Å². The van der Waals surface area contributed by atoms with Crippen LogP contribution < -0.4 is 10.6 Å². The van der Waals surface area contributed by atoms with Crippen molar-refractivity contribution in [1.29, 1.82) is 0 Å². The third kappa shape index (κ3) is 4.55. The molecule has 0 radical (unpaired) electrons. The van der Waals surface area contributed by atoms with Gasteiger partial charge in [-0.3, -0.25) is 9.59 Å². The Morgan fingerprint density at radius 1 is 1.08 bits per heavy atom. The Morgan fingerprint density at radius 2 is 1.65 bits per heavy atom. The molecule has 0 saturated carbocycles. The molecular weight excluding hydrogens is 330 g/mol. The van der Waals surface area contributed by atoms with E-state index in [4.69, 9.17) is 5.11 Å². The zero-order chi connectivity index (χ0) is 18.5.